The van der Waals surface area contributed by atoms with Gasteiger partial charge in [-0.25, -0.2) is 14.8 Å². The molecule has 0 aliphatic rings. The van der Waals surface area contributed by atoms with Crippen molar-refractivity contribution in [2.45, 2.75) is 19.8 Å². The highest BCUT2D eigenvalue weighted by Crippen LogP contribution is 2.33. The molecule has 0 saturated carbocycles. The number of anilines is 1. The van der Waals surface area contributed by atoms with E-state index in [1.54, 1.807) is 6.92 Å². The molecule has 0 atom stereocenters. The number of aliphatic hydroxyl groups is 1. The minimum absolute atomic E-state index is 0.168. The number of aromatic carboxylic acids is 1. The summed E-state index contributed by atoms with van der Waals surface area (Å²) in [5.74, 6) is -0.282. The molecule has 2 aromatic rings. The number of unbranched alkanes of at least 4 members (excludes halogenated alkanes) is 1. The van der Waals surface area contributed by atoms with Gasteiger partial charge in [0.05, 0.1) is 5.39 Å². The van der Waals surface area contributed by atoms with Crippen molar-refractivity contribution in [3.8, 4) is 0 Å². The van der Waals surface area contributed by atoms with Gasteiger partial charge in [0, 0.05) is 13.2 Å². The topological polar surface area (TPSA) is 95.3 Å². The number of carboxylic acids is 1. The van der Waals surface area contributed by atoms with Crippen LogP contribution in [0.1, 0.15) is 28.1 Å². The second-order valence-corrected chi connectivity index (χ2v) is 5.12. The van der Waals surface area contributed by atoms with E-state index in [1.165, 1.54) is 6.33 Å². The number of aliphatic hydroxyl groups excluding tert-OH is 1. The van der Waals surface area contributed by atoms with Crippen molar-refractivity contribution in [1.82, 2.24) is 9.97 Å². The summed E-state index contributed by atoms with van der Waals surface area (Å²) in [7, 11) is 0. The summed E-state index contributed by atoms with van der Waals surface area (Å²) in [5.41, 5.74) is 0.692. The maximum absolute atomic E-state index is 11.1. The van der Waals surface area contributed by atoms with Crippen molar-refractivity contribution in [1.29, 1.82) is 0 Å². The maximum atomic E-state index is 11.1. The number of nitrogens with zero attached hydrogens (tertiary/aromatic N) is 2. The molecule has 102 valence electrons. The van der Waals surface area contributed by atoms with Gasteiger partial charge < -0.3 is 15.5 Å². The Balaban J connectivity index is 2.31. The Hall–Kier alpha value is -1.73. The fourth-order valence-electron chi connectivity index (χ4n) is 1.85. The molecule has 0 fully saturated rings. The Morgan fingerprint density at radius 2 is 2.21 bits per heavy atom. The summed E-state index contributed by atoms with van der Waals surface area (Å²) in [4.78, 5) is 20.4. The summed E-state index contributed by atoms with van der Waals surface area (Å²) in [6, 6.07) is 0. The lowest BCUT2D eigenvalue weighted by molar-refractivity contribution is 0.0701. The van der Waals surface area contributed by atoms with Crippen LogP contribution >= 0.6 is 11.3 Å². The first-order valence-electron chi connectivity index (χ1n) is 5.97. The Morgan fingerprint density at radius 3 is 2.89 bits per heavy atom. The van der Waals surface area contributed by atoms with Crippen LogP contribution in [0.5, 0.6) is 0 Å². The van der Waals surface area contributed by atoms with Crippen LogP contribution < -0.4 is 5.32 Å². The Kier molecular flexibility index (Phi) is 4.28. The van der Waals surface area contributed by atoms with E-state index in [2.05, 4.69) is 15.3 Å². The molecular weight excluding hydrogens is 266 g/mol. The number of rotatable bonds is 6. The number of carboxylic acid groups (broad SMARTS) is 1. The molecular formula is C12H15N3O3S. The van der Waals surface area contributed by atoms with Crippen LogP contribution in [0, 0.1) is 6.92 Å². The summed E-state index contributed by atoms with van der Waals surface area (Å²) in [6.07, 6.45) is 2.99. The smallest absolute Gasteiger partial charge is 0.346 e. The minimum atomic E-state index is -0.938. The molecule has 3 N–H and O–H groups in total. The average molecular weight is 281 g/mol. The first-order valence-corrected chi connectivity index (χ1v) is 6.79. The predicted molar refractivity (Wildman–Crippen MR) is 73.9 cm³/mol. The summed E-state index contributed by atoms with van der Waals surface area (Å²) >= 11 is 1.16. The van der Waals surface area contributed by atoms with Gasteiger partial charge in [0.25, 0.3) is 0 Å². The zero-order valence-corrected chi connectivity index (χ0v) is 11.3. The number of aromatic nitrogens is 2. The van der Waals surface area contributed by atoms with Gasteiger partial charge in [-0.1, -0.05) is 0 Å². The average Bonchev–Trinajstić information content (AvgIpc) is 2.73. The van der Waals surface area contributed by atoms with Crippen molar-refractivity contribution < 1.29 is 15.0 Å². The molecule has 2 heterocycles. The molecule has 2 aromatic heterocycles. The minimum Gasteiger partial charge on any atom is -0.477 e. The van der Waals surface area contributed by atoms with Gasteiger partial charge in [0.2, 0.25) is 0 Å². The van der Waals surface area contributed by atoms with Crippen molar-refractivity contribution in [3.05, 3.63) is 16.8 Å². The molecule has 7 heteroatoms. The highest BCUT2D eigenvalue weighted by molar-refractivity contribution is 7.20. The van der Waals surface area contributed by atoms with Crippen molar-refractivity contribution in [2.24, 2.45) is 0 Å². The molecule has 0 aliphatic heterocycles. The molecule has 19 heavy (non-hydrogen) atoms. The van der Waals surface area contributed by atoms with Gasteiger partial charge >= 0.3 is 5.97 Å². The van der Waals surface area contributed by atoms with E-state index in [-0.39, 0.29) is 6.61 Å². The number of carbonyl (C=O) groups is 1. The van der Waals surface area contributed by atoms with Gasteiger partial charge in [-0.3, -0.25) is 0 Å². The highest BCUT2D eigenvalue weighted by Gasteiger charge is 2.18. The lowest BCUT2D eigenvalue weighted by atomic mass is 10.2. The van der Waals surface area contributed by atoms with Crippen molar-refractivity contribution in [2.75, 3.05) is 18.5 Å². The van der Waals surface area contributed by atoms with Gasteiger partial charge in [-0.05, 0) is 25.3 Å². The summed E-state index contributed by atoms with van der Waals surface area (Å²) < 4.78 is 0. The third-order valence-corrected chi connectivity index (χ3v) is 3.99. The number of thiophene rings is 1. The van der Waals surface area contributed by atoms with E-state index in [1.807, 2.05) is 0 Å². The molecule has 2 rings (SSSR count). The Bertz CT molecular complexity index is 597. The number of nitrogens with one attached hydrogen (secondary N) is 1. The largest absolute Gasteiger partial charge is 0.477 e. The quantitative estimate of drug-likeness (QED) is 0.700. The molecule has 0 radical (unpaired) electrons. The molecule has 0 amide bonds. The fraction of sp³-hybridized carbons (Fsp3) is 0.417. The van der Waals surface area contributed by atoms with E-state index >= 15 is 0 Å². The lowest BCUT2D eigenvalue weighted by Gasteiger charge is -2.06. The normalized spacial score (nSPS) is 10.8. The number of aryl methyl sites for hydroxylation is 1. The highest BCUT2D eigenvalue weighted by atomic mass is 32.1. The Morgan fingerprint density at radius 1 is 1.42 bits per heavy atom. The monoisotopic (exact) mass is 281 g/mol. The molecule has 0 spiro atoms. The van der Waals surface area contributed by atoms with Gasteiger partial charge in [0.15, 0.2) is 0 Å². The lowest BCUT2D eigenvalue weighted by Crippen LogP contribution is -2.05. The van der Waals surface area contributed by atoms with Crippen molar-refractivity contribution >= 4 is 33.3 Å². The van der Waals surface area contributed by atoms with Gasteiger partial charge in [0.1, 0.15) is 21.9 Å². The zero-order chi connectivity index (χ0) is 13.8. The molecule has 6 nitrogen and oxygen atoms in total. The van der Waals surface area contributed by atoms with E-state index in [4.69, 9.17) is 10.2 Å². The van der Waals surface area contributed by atoms with E-state index in [0.717, 1.165) is 29.6 Å². The first kappa shape index (κ1) is 13.7. The number of fused-ring (bicyclic) bond motifs is 1. The fourth-order valence-corrected chi connectivity index (χ4v) is 2.84. The molecule has 0 aliphatic carbocycles. The number of hydrogen-bond donors (Lipinski definition) is 3. The van der Waals surface area contributed by atoms with Crippen LogP contribution in [-0.2, 0) is 0 Å². The summed E-state index contributed by atoms with van der Waals surface area (Å²) in [6.45, 7) is 2.62. The Labute approximate surface area is 114 Å². The van der Waals surface area contributed by atoms with E-state index in [0.29, 0.717) is 27.6 Å². The second-order valence-electron chi connectivity index (χ2n) is 4.12. The molecule has 0 saturated heterocycles. The standard InChI is InChI=1S/C12H15N3O3S/c1-7-8-10(13-4-2-3-5-16)14-6-15-11(8)19-9(7)12(17)18/h6,16H,2-5H2,1H3,(H,17,18)(H,13,14,15). The van der Waals surface area contributed by atoms with Crippen LogP contribution in [0.15, 0.2) is 6.33 Å². The first-order chi connectivity index (χ1) is 9.15. The summed E-state index contributed by atoms with van der Waals surface area (Å²) in [5, 5.41) is 21.8. The molecule has 0 bridgehead atoms. The SMILES string of the molecule is Cc1c(C(=O)O)sc2ncnc(NCCCCO)c12. The maximum Gasteiger partial charge on any atom is 0.346 e. The van der Waals surface area contributed by atoms with E-state index < -0.39 is 5.97 Å². The van der Waals surface area contributed by atoms with Crippen LogP contribution in [0.2, 0.25) is 0 Å². The van der Waals surface area contributed by atoms with Crippen LogP contribution in [0.4, 0.5) is 5.82 Å². The van der Waals surface area contributed by atoms with Crippen molar-refractivity contribution in [3.63, 3.8) is 0 Å². The third-order valence-electron chi connectivity index (χ3n) is 2.80. The third kappa shape index (κ3) is 2.82. The van der Waals surface area contributed by atoms with Crippen LogP contribution in [0.3, 0.4) is 0 Å². The predicted octanol–water partition coefficient (Wildman–Crippen LogP) is 1.88. The van der Waals surface area contributed by atoms with E-state index in [9.17, 15) is 4.79 Å². The van der Waals surface area contributed by atoms with Gasteiger partial charge in [-0.2, -0.15) is 0 Å². The second kappa shape index (κ2) is 5.94. The van der Waals surface area contributed by atoms with Crippen LogP contribution in [-0.4, -0.2) is 39.3 Å². The molecule has 0 aromatic carbocycles. The number of hydrogen-bond acceptors (Lipinski definition) is 6. The zero-order valence-electron chi connectivity index (χ0n) is 10.5. The van der Waals surface area contributed by atoms with Gasteiger partial charge in [-0.15, -0.1) is 11.3 Å². The van der Waals surface area contributed by atoms with Crippen LogP contribution in [0.25, 0.3) is 10.2 Å². The molecule has 0 unspecified atom stereocenters.